The van der Waals surface area contributed by atoms with E-state index >= 15 is 0 Å². The Balaban J connectivity index is 2.16. The molecule has 2 rings (SSSR count). The van der Waals surface area contributed by atoms with Gasteiger partial charge in [0.05, 0.1) is 12.8 Å². The highest BCUT2D eigenvalue weighted by molar-refractivity contribution is 7.07. The van der Waals surface area contributed by atoms with Crippen LogP contribution in [0.2, 0.25) is 0 Å². The van der Waals surface area contributed by atoms with Gasteiger partial charge in [-0.2, -0.15) is 11.3 Å². The van der Waals surface area contributed by atoms with Crippen molar-refractivity contribution in [1.29, 1.82) is 0 Å². The summed E-state index contributed by atoms with van der Waals surface area (Å²) in [5.74, 6) is 0.444. The summed E-state index contributed by atoms with van der Waals surface area (Å²) in [5.41, 5.74) is 0.838. The third-order valence-corrected chi connectivity index (χ3v) is 3.77. The first-order valence-electron chi connectivity index (χ1n) is 6.79. The summed E-state index contributed by atoms with van der Waals surface area (Å²) in [7, 11) is 0. The number of aromatic nitrogens is 1. The van der Waals surface area contributed by atoms with E-state index in [-0.39, 0.29) is 30.4 Å². The monoisotopic (exact) mass is 308 g/mol. The molecule has 0 radical (unpaired) electrons. The Hall–Kier alpha value is -1.66. The van der Waals surface area contributed by atoms with Gasteiger partial charge in [0, 0.05) is 18.5 Å². The normalized spacial score (nSPS) is 11.6. The van der Waals surface area contributed by atoms with E-state index in [1.807, 2.05) is 37.6 Å². The average Bonchev–Trinajstić information content (AvgIpc) is 3.07. The third-order valence-electron chi connectivity index (χ3n) is 3.04. The third kappa shape index (κ3) is 3.92. The van der Waals surface area contributed by atoms with E-state index in [2.05, 4.69) is 4.98 Å². The number of nitrogens with zero attached hydrogens (tertiary/aromatic N) is 2. The van der Waals surface area contributed by atoms with Crippen molar-refractivity contribution in [2.75, 3.05) is 13.2 Å². The Labute approximate surface area is 128 Å². The van der Waals surface area contributed by atoms with Gasteiger partial charge in [0.15, 0.2) is 0 Å². The van der Waals surface area contributed by atoms with Crippen molar-refractivity contribution >= 4 is 17.2 Å². The highest BCUT2D eigenvalue weighted by Gasteiger charge is 2.25. The zero-order valence-electron chi connectivity index (χ0n) is 12.5. The maximum atomic E-state index is 12.5. The summed E-state index contributed by atoms with van der Waals surface area (Å²) in [4.78, 5) is 18.1. The molecule has 0 aliphatic rings. The van der Waals surface area contributed by atoms with E-state index in [9.17, 15) is 4.79 Å². The van der Waals surface area contributed by atoms with Gasteiger partial charge in [0.2, 0.25) is 0 Å². The molecule has 0 unspecified atom stereocenters. The molecule has 0 aromatic carbocycles. The lowest BCUT2D eigenvalue weighted by Gasteiger charge is -2.19. The molecule has 0 fully saturated rings. The average molecular weight is 308 g/mol. The van der Waals surface area contributed by atoms with Crippen LogP contribution in [0.3, 0.4) is 0 Å². The van der Waals surface area contributed by atoms with Crippen molar-refractivity contribution in [3.8, 4) is 0 Å². The highest BCUT2D eigenvalue weighted by Crippen LogP contribution is 2.23. The predicted octanol–water partition coefficient (Wildman–Crippen LogP) is 2.67. The van der Waals surface area contributed by atoms with Gasteiger partial charge < -0.3 is 14.4 Å². The van der Waals surface area contributed by atoms with E-state index < -0.39 is 0 Å². The number of rotatable bonds is 5. The number of hydrogen-bond donors (Lipinski definition) is 1. The number of aliphatic hydroxyl groups is 1. The lowest BCUT2D eigenvalue weighted by molar-refractivity contribution is 0.0664. The molecule has 0 saturated carbocycles. The Morgan fingerprint density at radius 2 is 2.24 bits per heavy atom. The Morgan fingerprint density at radius 1 is 1.48 bits per heavy atom. The van der Waals surface area contributed by atoms with Crippen molar-refractivity contribution in [2.24, 2.45) is 0 Å². The Morgan fingerprint density at radius 3 is 2.76 bits per heavy atom. The summed E-state index contributed by atoms with van der Waals surface area (Å²) >= 11 is 1.58. The summed E-state index contributed by atoms with van der Waals surface area (Å²) < 4.78 is 5.58. The molecular formula is C15H20N2O3S. The minimum Gasteiger partial charge on any atom is -0.437 e. The summed E-state index contributed by atoms with van der Waals surface area (Å²) in [5, 5.41) is 13.1. The lowest BCUT2D eigenvalue weighted by Crippen LogP contribution is -2.33. The highest BCUT2D eigenvalue weighted by atomic mass is 32.1. The predicted molar refractivity (Wildman–Crippen MR) is 81.3 cm³/mol. The number of carbonyl (C=O) groups is 1. The van der Waals surface area contributed by atoms with Crippen LogP contribution in [-0.4, -0.2) is 34.0 Å². The molecule has 114 valence electrons. The van der Waals surface area contributed by atoms with E-state index in [4.69, 9.17) is 9.52 Å². The number of hydrogen-bond acceptors (Lipinski definition) is 5. The van der Waals surface area contributed by atoms with Crippen molar-refractivity contribution in [3.63, 3.8) is 0 Å². The van der Waals surface area contributed by atoms with Gasteiger partial charge in [-0.1, -0.05) is 20.8 Å². The van der Waals surface area contributed by atoms with Crippen LogP contribution in [0.4, 0.5) is 0 Å². The van der Waals surface area contributed by atoms with Crippen LogP contribution in [0.5, 0.6) is 0 Å². The van der Waals surface area contributed by atoms with Gasteiger partial charge in [-0.05, 0) is 22.4 Å². The van der Waals surface area contributed by atoms with Crippen LogP contribution < -0.4 is 0 Å². The minimum atomic E-state index is -0.300. The van der Waals surface area contributed by atoms with E-state index in [1.165, 1.54) is 0 Å². The molecule has 5 nitrogen and oxygen atoms in total. The molecule has 0 spiro atoms. The minimum absolute atomic E-state index is 0.0728. The van der Waals surface area contributed by atoms with Crippen LogP contribution in [-0.2, 0) is 12.0 Å². The maximum Gasteiger partial charge on any atom is 0.310 e. The molecule has 1 amide bonds. The van der Waals surface area contributed by atoms with Gasteiger partial charge in [0.1, 0.15) is 5.76 Å². The van der Waals surface area contributed by atoms with E-state index in [0.29, 0.717) is 12.3 Å². The molecule has 0 saturated heterocycles. The van der Waals surface area contributed by atoms with Crippen molar-refractivity contribution in [3.05, 3.63) is 40.2 Å². The molecule has 6 heteroatoms. The first-order chi connectivity index (χ1) is 9.91. The molecule has 0 atom stereocenters. The quantitative estimate of drug-likeness (QED) is 0.922. The van der Waals surface area contributed by atoms with Crippen molar-refractivity contribution in [2.45, 2.75) is 32.7 Å². The fourth-order valence-corrected chi connectivity index (χ4v) is 2.49. The molecule has 2 aromatic heterocycles. The second-order valence-electron chi connectivity index (χ2n) is 5.86. The molecular weight excluding hydrogens is 288 g/mol. The molecule has 21 heavy (non-hydrogen) atoms. The SMILES string of the molecule is CC(C)(C)c1cnc(C(=O)N(CCO)Cc2ccsc2)o1. The summed E-state index contributed by atoms with van der Waals surface area (Å²) in [6, 6.07) is 1.96. The number of aliphatic hydroxyl groups excluding tert-OH is 1. The van der Waals surface area contributed by atoms with Crippen LogP contribution in [0, 0.1) is 0 Å². The lowest BCUT2D eigenvalue weighted by atomic mass is 9.94. The van der Waals surface area contributed by atoms with Gasteiger partial charge in [-0.25, -0.2) is 4.98 Å². The first-order valence-corrected chi connectivity index (χ1v) is 7.73. The molecule has 2 aromatic rings. The first kappa shape index (κ1) is 15.7. The van der Waals surface area contributed by atoms with Crippen molar-refractivity contribution < 1.29 is 14.3 Å². The standard InChI is InChI=1S/C15H20N2O3S/c1-15(2,3)12-8-16-13(20-12)14(19)17(5-6-18)9-11-4-7-21-10-11/h4,7-8,10,18H,5-6,9H2,1-3H3. The zero-order chi connectivity index (χ0) is 15.5. The van der Waals surface area contributed by atoms with Crippen LogP contribution in [0.15, 0.2) is 27.4 Å². The number of thiophene rings is 1. The molecule has 1 N–H and O–H groups in total. The largest absolute Gasteiger partial charge is 0.437 e. The maximum absolute atomic E-state index is 12.5. The number of carbonyl (C=O) groups excluding carboxylic acids is 1. The Kier molecular flexibility index (Phi) is 4.80. The van der Waals surface area contributed by atoms with Crippen LogP contribution in [0.1, 0.15) is 42.8 Å². The van der Waals surface area contributed by atoms with Crippen molar-refractivity contribution in [1.82, 2.24) is 9.88 Å². The zero-order valence-corrected chi connectivity index (χ0v) is 13.3. The number of oxazole rings is 1. The van der Waals surface area contributed by atoms with Gasteiger partial charge >= 0.3 is 5.91 Å². The second-order valence-corrected chi connectivity index (χ2v) is 6.64. The molecule has 0 aliphatic carbocycles. The topological polar surface area (TPSA) is 66.6 Å². The number of amides is 1. The summed E-state index contributed by atoms with van der Waals surface area (Å²) in [6.45, 7) is 6.59. The fourth-order valence-electron chi connectivity index (χ4n) is 1.83. The molecule has 2 heterocycles. The van der Waals surface area contributed by atoms with Crippen LogP contribution in [0.25, 0.3) is 0 Å². The van der Waals surface area contributed by atoms with E-state index in [0.717, 1.165) is 5.56 Å². The molecule has 0 bridgehead atoms. The second kappa shape index (κ2) is 6.41. The van der Waals surface area contributed by atoms with Gasteiger partial charge in [-0.15, -0.1) is 0 Å². The summed E-state index contributed by atoms with van der Waals surface area (Å²) in [6.07, 6.45) is 1.59. The van der Waals surface area contributed by atoms with Crippen LogP contribution >= 0.6 is 11.3 Å². The van der Waals surface area contributed by atoms with E-state index in [1.54, 1.807) is 22.4 Å². The smallest absolute Gasteiger partial charge is 0.310 e. The van der Waals surface area contributed by atoms with Gasteiger partial charge in [-0.3, -0.25) is 4.79 Å². The fraction of sp³-hybridized carbons (Fsp3) is 0.467. The van der Waals surface area contributed by atoms with Gasteiger partial charge in [0.25, 0.3) is 5.89 Å². The Bertz CT molecular complexity index is 584. The molecule has 0 aliphatic heterocycles.